The van der Waals surface area contributed by atoms with Crippen LogP contribution in [-0.2, 0) is 19.1 Å². The lowest BCUT2D eigenvalue weighted by Gasteiger charge is -2.67. The first kappa shape index (κ1) is 14.9. The molecule has 2 unspecified atom stereocenters. The normalized spacial score (nSPS) is 36.9. The molecule has 0 saturated carbocycles. The molecule has 4 atom stereocenters. The third-order valence-corrected chi connectivity index (χ3v) is 6.33. The van der Waals surface area contributed by atoms with Crippen molar-refractivity contribution >= 4 is 23.6 Å². The number of carbonyl (C=O) groups excluding carboxylic acids is 2. The first-order chi connectivity index (χ1) is 10.1. The molecule has 0 radical (unpaired) electrons. The molecule has 0 bridgehead atoms. The summed E-state index contributed by atoms with van der Waals surface area (Å²) in [5, 5.41) is 0. The van der Waals surface area contributed by atoms with Crippen LogP contribution in [0.4, 0.5) is 0 Å². The topological polar surface area (TPSA) is 55.8 Å². The van der Waals surface area contributed by atoms with E-state index in [9.17, 15) is 9.59 Å². The molecule has 1 aliphatic carbocycles. The van der Waals surface area contributed by atoms with E-state index in [1.807, 2.05) is 19.9 Å². The van der Waals surface area contributed by atoms with Crippen molar-refractivity contribution in [3.63, 3.8) is 0 Å². The Morgan fingerprint density at radius 2 is 2.24 bits per heavy atom. The van der Waals surface area contributed by atoms with Crippen LogP contribution in [0, 0.1) is 11.8 Å². The Morgan fingerprint density at radius 3 is 2.90 bits per heavy atom. The smallest absolute Gasteiger partial charge is 0.329 e. The summed E-state index contributed by atoms with van der Waals surface area (Å²) in [6.07, 6.45) is 2.00. The van der Waals surface area contributed by atoms with Gasteiger partial charge in [-0.3, -0.25) is 4.79 Å². The number of rotatable bonds is 5. The number of ether oxygens (including phenoxy) is 2. The molecule has 5 nitrogen and oxygen atoms in total. The van der Waals surface area contributed by atoms with Crippen LogP contribution in [0.5, 0.6) is 0 Å². The Hall–Kier alpha value is -1.01. The number of carbonyl (C=O) groups is 2. The summed E-state index contributed by atoms with van der Waals surface area (Å²) in [6.45, 7) is 7.28. The van der Waals surface area contributed by atoms with Gasteiger partial charge in [-0.15, -0.1) is 11.8 Å². The van der Waals surface area contributed by atoms with Crippen LogP contribution in [0.1, 0.15) is 20.8 Å². The van der Waals surface area contributed by atoms with E-state index in [-0.39, 0.29) is 28.6 Å². The van der Waals surface area contributed by atoms with Crippen molar-refractivity contribution in [2.75, 3.05) is 25.6 Å². The molecule has 2 fully saturated rings. The number of β-lactam (4-membered cyclic amide) rings is 1. The predicted molar refractivity (Wildman–Crippen MR) is 79.7 cm³/mol. The highest BCUT2D eigenvalue weighted by molar-refractivity contribution is 8.01. The summed E-state index contributed by atoms with van der Waals surface area (Å²) in [5.74, 6) is 0.653. The molecule has 6 heteroatoms. The SMILES string of the molecule is CCOCC1=CC2C(=O)N3[C@H](C(=O)OCC)[C@H](C)CSC123. The zero-order chi connectivity index (χ0) is 15.2. The Balaban J connectivity index is 1.85. The summed E-state index contributed by atoms with van der Waals surface area (Å²) in [5.41, 5.74) is 1.13. The molecule has 1 spiro atoms. The highest BCUT2D eigenvalue weighted by atomic mass is 32.2. The van der Waals surface area contributed by atoms with Crippen LogP contribution < -0.4 is 0 Å². The minimum atomic E-state index is -0.458. The number of thioether (sulfide) groups is 1. The van der Waals surface area contributed by atoms with Crippen molar-refractivity contribution in [1.29, 1.82) is 0 Å². The van der Waals surface area contributed by atoms with Crippen LogP contribution in [0.15, 0.2) is 11.6 Å². The average molecular weight is 311 g/mol. The largest absolute Gasteiger partial charge is 0.464 e. The Labute approximate surface area is 129 Å². The van der Waals surface area contributed by atoms with Gasteiger partial charge in [0.25, 0.3) is 0 Å². The molecule has 0 N–H and O–H groups in total. The third-order valence-electron chi connectivity index (χ3n) is 4.48. The van der Waals surface area contributed by atoms with Crippen LogP contribution in [-0.4, -0.2) is 53.3 Å². The standard InChI is InChI=1S/C15H21NO4S/c1-4-19-7-10-6-11-13(17)16-12(14(18)20-5-2)9(3)8-21-15(10,11)16/h6,9,11-12H,4-5,7-8H2,1-3H3/t9-,11?,12+,15?/m1/s1. The maximum Gasteiger partial charge on any atom is 0.329 e. The van der Waals surface area contributed by atoms with E-state index in [1.54, 1.807) is 23.6 Å². The molecule has 21 heavy (non-hydrogen) atoms. The molecule has 2 saturated heterocycles. The summed E-state index contributed by atoms with van der Waals surface area (Å²) in [6, 6.07) is -0.458. The monoisotopic (exact) mass is 311 g/mol. The van der Waals surface area contributed by atoms with E-state index in [4.69, 9.17) is 9.47 Å². The van der Waals surface area contributed by atoms with Crippen molar-refractivity contribution in [3.8, 4) is 0 Å². The lowest BCUT2D eigenvalue weighted by atomic mass is 9.69. The van der Waals surface area contributed by atoms with Crippen molar-refractivity contribution in [2.24, 2.45) is 11.8 Å². The lowest BCUT2D eigenvalue weighted by Crippen LogP contribution is -2.80. The van der Waals surface area contributed by atoms with Gasteiger partial charge in [0.1, 0.15) is 10.9 Å². The van der Waals surface area contributed by atoms with Gasteiger partial charge < -0.3 is 14.4 Å². The molecule has 3 aliphatic rings. The van der Waals surface area contributed by atoms with E-state index in [2.05, 4.69) is 0 Å². The maximum atomic E-state index is 12.4. The number of amides is 1. The van der Waals surface area contributed by atoms with Gasteiger partial charge in [-0.05, 0) is 25.3 Å². The van der Waals surface area contributed by atoms with E-state index in [0.717, 1.165) is 11.3 Å². The molecular formula is C15H21NO4S. The second-order valence-corrected chi connectivity index (χ2v) is 6.94. The second-order valence-electron chi connectivity index (χ2n) is 5.70. The summed E-state index contributed by atoms with van der Waals surface area (Å²) in [4.78, 5) is 26.0. The molecule has 3 rings (SSSR count). The molecule has 2 heterocycles. The van der Waals surface area contributed by atoms with Gasteiger partial charge >= 0.3 is 5.97 Å². The van der Waals surface area contributed by atoms with Gasteiger partial charge in [-0.2, -0.15) is 0 Å². The van der Waals surface area contributed by atoms with Crippen LogP contribution in [0.3, 0.4) is 0 Å². The fraction of sp³-hybridized carbons (Fsp3) is 0.733. The van der Waals surface area contributed by atoms with Gasteiger partial charge in [0.2, 0.25) is 5.91 Å². The number of esters is 1. The van der Waals surface area contributed by atoms with Gasteiger partial charge in [-0.25, -0.2) is 4.79 Å². The molecule has 0 aromatic rings. The van der Waals surface area contributed by atoms with E-state index < -0.39 is 6.04 Å². The predicted octanol–water partition coefficient (Wildman–Crippen LogP) is 1.43. The van der Waals surface area contributed by atoms with Crippen LogP contribution >= 0.6 is 11.8 Å². The lowest BCUT2D eigenvalue weighted by molar-refractivity contribution is -0.177. The van der Waals surface area contributed by atoms with E-state index >= 15 is 0 Å². The van der Waals surface area contributed by atoms with Crippen LogP contribution in [0.2, 0.25) is 0 Å². The zero-order valence-electron chi connectivity index (χ0n) is 12.6. The molecule has 0 aromatic carbocycles. The molecule has 1 amide bonds. The number of nitrogens with zero attached hydrogens (tertiary/aromatic N) is 1. The molecular weight excluding hydrogens is 290 g/mol. The van der Waals surface area contributed by atoms with Crippen molar-refractivity contribution in [3.05, 3.63) is 11.6 Å². The minimum Gasteiger partial charge on any atom is -0.464 e. The van der Waals surface area contributed by atoms with Crippen molar-refractivity contribution < 1.29 is 19.1 Å². The number of hydrogen-bond donors (Lipinski definition) is 0. The van der Waals surface area contributed by atoms with Gasteiger partial charge in [-0.1, -0.05) is 13.0 Å². The van der Waals surface area contributed by atoms with Crippen molar-refractivity contribution in [1.82, 2.24) is 4.90 Å². The Kier molecular flexibility index (Phi) is 3.78. The quantitative estimate of drug-likeness (QED) is 0.437. The van der Waals surface area contributed by atoms with E-state index in [0.29, 0.717) is 19.8 Å². The average Bonchev–Trinajstić information content (AvgIpc) is 2.45. The fourth-order valence-corrected chi connectivity index (χ4v) is 5.16. The second kappa shape index (κ2) is 5.32. The first-order valence-corrected chi connectivity index (χ1v) is 8.49. The maximum absolute atomic E-state index is 12.4. The number of hydrogen-bond acceptors (Lipinski definition) is 5. The third kappa shape index (κ3) is 1.88. The fourth-order valence-electron chi connectivity index (χ4n) is 3.46. The van der Waals surface area contributed by atoms with Crippen molar-refractivity contribution in [2.45, 2.75) is 31.7 Å². The first-order valence-electron chi connectivity index (χ1n) is 7.50. The van der Waals surface area contributed by atoms with Gasteiger partial charge in [0, 0.05) is 12.4 Å². The van der Waals surface area contributed by atoms with Crippen LogP contribution in [0.25, 0.3) is 0 Å². The molecule has 116 valence electrons. The minimum absolute atomic E-state index is 0.0485. The Bertz CT molecular complexity index is 506. The highest BCUT2D eigenvalue weighted by Gasteiger charge is 2.71. The highest BCUT2D eigenvalue weighted by Crippen LogP contribution is 2.62. The van der Waals surface area contributed by atoms with Gasteiger partial charge in [0.15, 0.2) is 0 Å². The summed E-state index contributed by atoms with van der Waals surface area (Å²) in [7, 11) is 0. The molecule has 0 aromatic heterocycles. The zero-order valence-corrected chi connectivity index (χ0v) is 13.4. The Morgan fingerprint density at radius 1 is 1.48 bits per heavy atom. The van der Waals surface area contributed by atoms with Gasteiger partial charge in [0.05, 0.1) is 19.1 Å². The molecule has 2 aliphatic heterocycles. The van der Waals surface area contributed by atoms with E-state index in [1.165, 1.54) is 0 Å². The summed E-state index contributed by atoms with van der Waals surface area (Å²) < 4.78 is 10.7. The summed E-state index contributed by atoms with van der Waals surface area (Å²) >= 11 is 1.77.